The molecule has 5 rings (SSSR count). The molecule has 1 fully saturated rings. The van der Waals surface area contributed by atoms with E-state index in [4.69, 9.17) is 10.7 Å². The fraction of sp³-hybridized carbons (Fsp3) is 0.294. The van der Waals surface area contributed by atoms with Crippen LogP contribution in [0.1, 0.15) is 18.7 Å². The number of anilines is 1. The highest BCUT2D eigenvalue weighted by Crippen LogP contribution is 2.32. The van der Waals surface area contributed by atoms with E-state index in [-0.39, 0.29) is 0 Å². The van der Waals surface area contributed by atoms with Crippen LogP contribution in [0.15, 0.2) is 36.9 Å². The Morgan fingerprint density at radius 2 is 1.92 bits per heavy atom. The molecule has 8 heteroatoms. The third kappa shape index (κ3) is 2.25. The molecule has 0 spiro atoms. The number of nitrogens with two attached hydrogens (primary N) is 1. The number of fused-ring (bicyclic) bond motifs is 2. The van der Waals surface area contributed by atoms with Gasteiger partial charge in [0.1, 0.15) is 17.7 Å². The molecule has 4 heterocycles. The molecule has 8 nitrogen and oxygen atoms in total. The minimum absolute atomic E-state index is 0.449. The SMILES string of the molecule is NC1(c2nc3ccccc3[nH]2)CCN(c2ncnc3nc[nH]c23)CC1. The lowest BCUT2D eigenvalue weighted by Crippen LogP contribution is -2.49. The van der Waals surface area contributed by atoms with Crippen molar-refractivity contribution in [2.75, 3.05) is 18.0 Å². The maximum atomic E-state index is 6.70. The lowest BCUT2D eigenvalue weighted by molar-refractivity contribution is 0.326. The number of nitrogens with one attached hydrogen (secondary N) is 2. The first-order valence-corrected chi connectivity index (χ1v) is 8.36. The highest BCUT2D eigenvalue weighted by Gasteiger charge is 2.36. The number of aromatic nitrogens is 6. The van der Waals surface area contributed by atoms with Crippen molar-refractivity contribution in [3.63, 3.8) is 0 Å². The molecule has 0 atom stereocenters. The van der Waals surface area contributed by atoms with E-state index in [9.17, 15) is 0 Å². The normalized spacial score (nSPS) is 17.4. The van der Waals surface area contributed by atoms with Crippen molar-refractivity contribution < 1.29 is 0 Å². The van der Waals surface area contributed by atoms with E-state index in [1.165, 1.54) is 0 Å². The quantitative estimate of drug-likeness (QED) is 0.514. The van der Waals surface area contributed by atoms with Gasteiger partial charge in [0.2, 0.25) is 0 Å². The third-order valence-corrected chi connectivity index (χ3v) is 5.02. The monoisotopic (exact) mass is 334 g/mol. The van der Waals surface area contributed by atoms with Crippen LogP contribution in [0.2, 0.25) is 0 Å². The lowest BCUT2D eigenvalue weighted by atomic mass is 9.88. The zero-order valence-electron chi connectivity index (χ0n) is 13.6. The van der Waals surface area contributed by atoms with Gasteiger partial charge >= 0.3 is 0 Å². The molecular formula is C17H18N8. The van der Waals surface area contributed by atoms with Crippen LogP contribution in [0.3, 0.4) is 0 Å². The molecular weight excluding hydrogens is 316 g/mol. The van der Waals surface area contributed by atoms with Crippen LogP contribution in [-0.2, 0) is 5.54 Å². The number of piperidine rings is 1. The second-order valence-corrected chi connectivity index (χ2v) is 6.54. The smallest absolute Gasteiger partial charge is 0.182 e. The van der Waals surface area contributed by atoms with Crippen molar-refractivity contribution in [3.8, 4) is 0 Å². The Balaban J connectivity index is 1.42. The zero-order valence-corrected chi connectivity index (χ0v) is 13.6. The Kier molecular flexibility index (Phi) is 3.01. The van der Waals surface area contributed by atoms with Crippen molar-refractivity contribution in [1.82, 2.24) is 29.9 Å². The minimum Gasteiger partial charge on any atom is -0.355 e. The van der Waals surface area contributed by atoms with Gasteiger partial charge in [-0.3, -0.25) is 0 Å². The average Bonchev–Trinajstić information content (AvgIpc) is 3.29. The summed E-state index contributed by atoms with van der Waals surface area (Å²) in [6, 6.07) is 8.02. The van der Waals surface area contributed by atoms with E-state index >= 15 is 0 Å². The second-order valence-electron chi connectivity index (χ2n) is 6.54. The van der Waals surface area contributed by atoms with Crippen LogP contribution in [0.25, 0.3) is 22.2 Å². The molecule has 0 unspecified atom stereocenters. The van der Waals surface area contributed by atoms with Gasteiger partial charge in [0.05, 0.1) is 22.9 Å². The van der Waals surface area contributed by atoms with Gasteiger partial charge in [-0.2, -0.15) is 0 Å². The van der Waals surface area contributed by atoms with E-state index in [1.54, 1.807) is 12.7 Å². The number of hydrogen-bond donors (Lipinski definition) is 3. The molecule has 4 N–H and O–H groups in total. The molecule has 0 radical (unpaired) electrons. The highest BCUT2D eigenvalue weighted by atomic mass is 15.2. The summed E-state index contributed by atoms with van der Waals surface area (Å²) in [6.45, 7) is 1.61. The maximum Gasteiger partial charge on any atom is 0.182 e. The van der Waals surface area contributed by atoms with Gasteiger partial charge in [0, 0.05) is 13.1 Å². The van der Waals surface area contributed by atoms with E-state index in [0.29, 0.717) is 5.65 Å². The first-order valence-electron chi connectivity index (χ1n) is 8.36. The minimum atomic E-state index is -0.449. The Morgan fingerprint density at radius 1 is 1.08 bits per heavy atom. The Labute approximate surface area is 143 Å². The molecule has 4 aromatic rings. The van der Waals surface area contributed by atoms with Gasteiger partial charge in [-0.15, -0.1) is 0 Å². The van der Waals surface area contributed by atoms with E-state index in [1.807, 2.05) is 24.3 Å². The Hall–Kier alpha value is -3.00. The van der Waals surface area contributed by atoms with Gasteiger partial charge in [-0.25, -0.2) is 19.9 Å². The number of nitrogens with zero attached hydrogens (tertiary/aromatic N) is 5. The van der Waals surface area contributed by atoms with E-state index in [0.717, 1.165) is 54.1 Å². The third-order valence-electron chi connectivity index (χ3n) is 5.02. The first-order chi connectivity index (χ1) is 12.2. The fourth-order valence-corrected chi connectivity index (χ4v) is 3.54. The van der Waals surface area contributed by atoms with Gasteiger partial charge in [-0.05, 0) is 25.0 Å². The predicted octanol–water partition coefficient (Wildman–Crippen LogP) is 1.68. The summed E-state index contributed by atoms with van der Waals surface area (Å²) in [6.07, 6.45) is 4.80. The molecule has 0 bridgehead atoms. The molecule has 0 aliphatic carbocycles. The molecule has 1 aliphatic heterocycles. The fourth-order valence-electron chi connectivity index (χ4n) is 3.54. The summed E-state index contributed by atoms with van der Waals surface area (Å²) in [4.78, 5) is 26.3. The number of aromatic amines is 2. The second kappa shape index (κ2) is 5.25. The molecule has 126 valence electrons. The summed E-state index contributed by atoms with van der Waals surface area (Å²) in [7, 11) is 0. The predicted molar refractivity (Wildman–Crippen MR) is 95.1 cm³/mol. The summed E-state index contributed by atoms with van der Waals surface area (Å²) < 4.78 is 0. The first kappa shape index (κ1) is 14.4. The number of benzene rings is 1. The Morgan fingerprint density at radius 3 is 2.76 bits per heavy atom. The molecule has 25 heavy (non-hydrogen) atoms. The van der Waals surface area contributed by atoms with Crippen LogP contribution < -0.4 is 10.6 Å². The summed E-state index contributed by atoms with van der Waals surface area (Å²) in [5.41, 5.74) is 9.80. The summed E-state index contributed by atoms with van der Waals surface area (Å²) >= 11 is 0. The topological polar surface area (TPSA) is 112 Å². The number of rotatable bonds is 2. The Bertz CT molecular complexity index is 1010. The molecule has 0 saturated carbocycles. The number of hydrogen-bond acceptors (Lipinski definition) is 6. The van der Waals surface area contributed by atoms with Crippen LogP contribution in [0.4, 0.5) is 5.82 Å². The highest BCUT2D eigenvalue weighted by molar-refractivity contribution is 5.82. The van der Waals surface area contributed by atoms with E-state index < -0.39 is 5.54 Å². The average molecular weight is 334 g/mol. The van der Waals surface area contributed by atoms with Crippen molar-refractivity contribution in [3.05, 3.63) is 42.7 Å². The van der Waals surface area contributed by atoms with Crippen molar-refractivity contribution in [2.24, 2.45) is 5.73 Å². The van der Waals surface area contributed by atoms with Gasteiger partial charge in [0.15, 0.2) is 11.5 Å². The van der Waals surface area contributed by atoms with Crippen molar-refractivity contribution in [1.29, 1.82) is 0 Å². The zero-order chi connectivity index (χ0) is 16.9. The number of imidazole rings is 2. The van der Waals surface area contributed by atoms with Gasteiger partial charge in [-0.1, -0.05) is 12.1 Å². The molecule has 1 aromatic carbocycles. The maximum absolute atomic E-state index is 6.70. The van der Waals surface area contributed by atoms with Crippen molar-refractivity contribution >= 4 is 28.0 Å². The largest absolute Gasteiger partial charge is 0.355 e. The number of H-pyrrole nitrogens is 2. The summed E-state index contributed by atoms with van der Waals surface area (Å²) in [5.74, 6) is 1.75. The lowest BCUT2D eigenvalue weighted by Gasteiger charge is -2.38. The summed E-state index contributed by atoms with van der Waals surface area (Å²) in [5, 5.41) is 0. The molecule has 3 aromatic heterocycles. The standard InChI is InChI=1S/C17H18N8/c18-17(16-23-11-3-1-2-4-12(11)24-16)5-7-25(8-6-17)15-13-14(20-9-19-13)21-10-22-15/h1-4,9-10H,5-8,18H2,(H,23,24)(H,19,20,21,22). The van der Waals surface area contributed by atoms with Gasteiger partial charge < -0.3 is 20.6 Å². The van der Waals surface area contributed by atoms with E-state index in [2.05, 4.69) is 29.8 Å². The molecule has 0 amide bonds. The van der Waals surface area contributed by atoms with Crippen LogP contribution in [0.5, 0.6) is 0 Å². The molecule has 1 saturated heterocycles. The van der Waals surface area contributed by atoms with Crippen LogP contribution in [0, 0.1) is 0 Å². The molecule has 1 aliphatic rings. The van der Waals surface area contributed by atoms with Gasteiger partial charge in [0.25, 0.3) is 0 Å². The van der Waals surface area contributed by atoms with Crippen molar-refractivity contribution in [2.45, 2.75) is 18.4 Å². The van der Waals surface area contributed by atoms with Crippen LogP contribution >= 0.6 is 0 Å². The number of para-hydroxylation sites is 2. The van der Waals surface area contributed by atoms with Crippen LogP contribution in [-0.4, -0.2) is 43.0 Å².